The summed E-state index contributed by atoms with van der Waals surface area (Å²) in [7, 11) is 0. The Morgan fingerprint density at radius 1 is 1.00 bits per heavy atom. The first kappa shape index (κ1) is 13.2. The van der Waals surface area contributed by atoms with Crippen LogP contribution >= 0.6 is 22.9 Å². The molecule has 0 unspecified atom stereocenters. The van der Waals surface area contributed by atoms with Crippen LogP contribution in [0.4, 0.5) is 0 Å². The molecule has 4 heteroatoms. The molecule has 0 fully saturated rings. The number of thiazole rings is 1. The summed E-state index contributed by atoms with van der Waals surface area (Å²) >= 11 is 7.75. The van der Waals surface area contributed by atoms with E-state index in [4.69, 9.17) is 16.3 Å². The van der Waals surface area contributed by atoms with E-state index in [1.54, 1.807) is 11.3 Å². The van der Waals surface area contributed by atoms with Gasteiger partial charge in [-0.05, 0) is 18.2 Å². The second-order valence-electron chi connectivity index (χ2n) is 4.21. The maximum atomic E-state index is 6.17. The Labute approximate surface area is 126 Å². The topological polar surface area (TPSA) is 22.1 Å². The zero-order valence-corrected chi connectivity index (χ0v) is 12.2. The maximum absolute atomic E-state index is 6.17. The van der Waals surface area contributed by atoms with Crippen molar-refractivity contribution < 1.29 is 4.74 Å². The molecule has 3 rings (SSSR count). The molecule has 100 valence electrons. The molecule has 2 aromatic carbocycles. The quantitative estimate of drug-likeness (QED) is 0.673. The largest absolute Gasteiger partial charge is 0.486 e. The zero-order chi connectivity index (χ0) is 13.8. The third-order valence-electron chi connectivity index (χ3n) is 2.81. The van der Waals surface area contributed by atoms with Crippen LogP contribution in [0.3, 0.4) is 0 Å². The average molecular weight is 302 g/mol. The normalized spacial score (nSPS) is 10.4. The molecule has 0 aliphatic carbocycles. The van der Waals surface area contributed by atoms with Crippen molar-refractivity contribution in [3.8, 4) is 17.0 Å². The van der Waals surface area contributed by atoms with Gasteiger partial charge in [0.15, 0.2) is 0 Å². The smallest absolute Gasteiger partial charge is 0.140 e. The summed E-state index contributed by atoms with van der Waals surface area (Å²) in [5.41, 5.74) is 1.85. The number of rotatable bonds is 4. The number of nitrogens with zero attached hydrogens (tertiary/aromatic N) is 1. The number of para-hydroxylation sites is 1. The van der Waals surface area contributed by atoms with Gasteiger partial charge >= 0.3 is 0 Å². The van der Waals surface area contributed by atoms with Gasteiger partial charge in [-0.3, -0.25) is 0 Å². The summed E-state index contributed by atoms with van der Waals surface area (Å²) in [5, 5.41) is 3.65. The van der Waals surface area contributed by atoms with Crippen molar-refractivity contribution in [1.82, 2.24) is 4.98 Å². The van der Waals surface area contributed by atoms with Crippen LogP contribution in [0.15, 0.2) is 60.0 Å². The Kier molecular flexibility index (Phi) is 4.00. The lowest BCUT2D eigenvalue weighted by Crippen LogP contribution is -1.94. The van der Waals surface area contributed by atoms with Crippen molar-refractivity contribution in [2.75, 3.05) is 0 Å². The van der Waals surface area contributed by atoms with E-state index in [2.05, 4.69) is 4.98 Å². The van der Waals surface area contributed by atoms with Crippen LogP contribution < -0.4 is 4.74 Å². The Morgan fingerprint density at radius 3 is 2.55 bits per heavy atom. The van der Waals surface area contributed by atoms with Gasteiger partial charge in [0.25, 0.3) is 0 Å². The highest BCUT2D eigenvalue weighted by atomic mass is 35.5. The van der Waals surface area contributed by atoms with Gasteiger partial charge < -0.3 is 4.74 Å². The van der Waals surface area contributed by atoms with E-state index in [0.717, 1.165) is 22.0 Å². The van der Waals surface area contributed by atoms with Gasteiger partial charge in [-0.15, -0.1) is 11.3 Å². The summed E-state index contributed by atoms with van der Waals surface area (Å²) in [5.74, 6) is 0.849. The second-order valence-corrected chi connectivity index (χ2v) is 5.56. The first-order valence-electron chi connectivity index (χ1n) is 6.20. The van der Waals surface area contributed by atoms with E-state index in [9.17, 15) is 0 Å². The van der Waals surface area contributed by atoms with Crippen LogP contribution in [0.1, 0.15) is 5.01 Å². The Hall–Kier alpha value is -1.84. The highest BCUT2D eigenvalue weighted by Gasteiger charge is 2.08. The first-order chi connectivity index (χ1) is 9.83. The van der Waals surface area contributed by atoms with Crippen LogP contribution in [0, 0.1) is 0 Å². The molecule has 0 aliphatic rings. The van der Waals surface area contributed by atoms with E-state index >= 15 is 0 Å². The molecule has 1 aromatic heterocycles. The molecule has 0 bridgehead atoms. The zero-order valence-electron chi connectivity index (χ0n) is 10.6. The third-order valence-corrected chi connectivity index (χ3v) is 3.96. The van der Waals surface area contributed by atoms with E-state index in [1.165, 1.54) is 0 Å². The number of ether oxygens (including phenoxy) is 1. The summed E-state index contributed by atoms with van der Waals surface area (Å²) in [4.78, 5) is 4.57. The lowest BCUT2D eigenvalue weighted by atomic mass is 10.2. The molecule has 0 aliphatic heterocycles. The molecular formula is C16H12ClNOS. The summed E-state index contributed by atoms with van der Waals surface area (Å²) in [6, 6.07) is 17.4. The lowest BCUT2D eigenvalue weighted by molar-refractivity contribution is 0.305. The minimum Gasteiger partial charge on any atom is -0.486 e. The molecule has 20 heavy (non-hydrogen) atoms. The fourth-order valence-electron chi connectivity index (χ4n) is 1.83. The van der Waals surface area contributed by atoms with Crippen molar-refractivity contribution in [2.24, 2.45) is 0 Å². The molecule has 0 saturated heterocycles. The van der Waals surface area contributed by atoms with Gasteiger partial charge in [-0.2, -0.15) is 0 Å². The van der Waals surface area contributed by atoms with Gasteiger partial charge in [-0.25, -0.2) is 4.98 Å². The summed E-state index contributed by atoms with van der Waals surface area (Å²) in [6.45, 7) is 0.471. The van der Waals surface area contributed by atoms with Crippen LogP contribution in [0.2, 0.25) is 5.02 Å². The number of hydrogen-bond donors (Lipinski definition) is 0. The van der Waals surface area contributed by atoms with Crippen LogP contribution in [-0.2, 0) is 6.61 Å². The minimum atomic E-state index is 0.471. The molecule has 1 heterocycles. The summed E-state index contributed by atoms with van der Waals surface area (Å²) in [6.07, 6.45) is 0. The molecule has 0 atom stereocenters. The van der Waals surface area contributed by atoms with Gasteiger partial charge in [0.1, 0.15) is 17.4 Å². The number of hydrogen-bond acceptors (Lipinski definition) is 3. The second kappa shape index (κ2) is 6.07. The van der Waals surface area contributed by atoms with Crippen LogP contribution in [-0.4, -0.2) is 4.98 Å². The highest BCUT2D eigenvalue weighted by Crippen LogP contribution is 2.28. The average Bonchev–Trinajstić information content (AvgIpc) is 2.95. The number of halogens is 1. The lowest BCUT2D eigenvalue weighted by Gasteiger charge is -2.03. The van der Waals surface area contributed by atoms with Gasteiger partial charge in [0.05, 0.1) is 5.69 Å². The van der Waals surface area contributed by atoms with Crippen molar-refractivity contribution in [3.63, 3.8) is 0 Å². The third kappa shape index (κ3) is 3.00. The Morgan fingerprint density at radius 2 is 1.75 bits per heavy atom. The summed E-state index contributed by atoms with van der Waals surface area (Å²) < 4.78 is 5.69. The fraction of sp³-hybridized carbons (Fsp3) is 0.0625. The van der Waals surface area contributed by atoms with Crippen LogP contribution in [0.25, 0.3) is 11.3 Å². The maximum Gasteiger partial charge on any atom is 0.140 e. The monoisotopic (exact) mass is 301 g/mol. The van der Waals surface area contributed by atoms with Gasteiger partial charge in [-0.1, -0.05) is 48.0 Å². The molecule has 3 aromatic rings. The molecule has 0 saturated carbocycles. The van der Waals surface area contributed by atoms with E-state index in [-0.39, 0.29) is 0 Å². The van der Waals surface area contributed by atoms with Crippen LogP contribution in [0.5, 0.6) is 5.75 Å². The minimum absolute atomic E-state index is 0.471. The van der Waals surface area contributed by atoms with E-state index in [1.807, 2.05) is 60.0 Å². The van der Waals surface area contributed by atoms with E-state index < -0.39 is 0 Å². The molecule has 0 amide bonds. The van der Waals surface area contributed by atoms with Gasteiger partial charge in [0, 0.05) is 16.0 Å². The predicted molar refractivity (Wildman–Crippen MR) is 83.3 cm³/mol. The van der Waals surface area contributed by atoms with Crippen molar-refractivity contribution in [3.05, 3.63) is 70.0 Å². The standard InChI is InChI=1S/C16H12ClNOS/c17-14-9-5-4-8-13(14)15-11-20-16(18-15)10-19-12-6-2-1-3-7-12/h1-9,11H,10H2. The van der Waals surface area contributed by atoms with Gasteiger partial charge in [0.2, 0.25) is 0 Å². The molecule has 0 radical (unpaired) electrons. The number of benzene rings is 2. The Balaban J connectivity index is 1.73. The predicted octanol–water partition coefficient (Wildman–Crippen LogP) is 5.04. The van der Waals surface area contributed by atoms with Crippen molar-refractivity contribution in [2.45, 2.75) is 6.61 Å². The first-order valence-corrected chi connectivity index (χ1v) is 7.46. The molecule has 0 N–H and O–H groups in total. The Bertz CT molecular complexity index is 696. The SMILES string of the molecule is Clc1ccccc1-c1csc(COc2ccccc2)n1. The molecular weight excluding hydrogens is 290 g/mol. The highest BCUT2D eigenvalue weighted by molar-refractivity contribution is 7.09. The van der Waals surface area contributed by atoms with Crippen molar-refractivity contribution in [1.29, 1.82) is 0 Å². The molecule has 2 nitrogen and oxygen atoms in total. The van der Waals surface area contributed by atoms with E-state index in [0.29, 0.717) is 11.6 Å². The fourth-order valence-corrected chi connectivity index (χ4v) is 2.77. The van der Waals surface area contributed by atoms with Crippen molar-refractivity contribution >= 4 is 22.9 Å². The molecule has 0 spiro atoms. The number of aromatic nitrogens is 1.